The zero-order valence-electron chi connectivity index (χ0n) is 12.4. The van der Waals surface area contributed by atoms with Crippen molar-refractivity contribution >= 4 is 10.2 Å². The van der Waals surface area contributed by atoms with Crippen molar-refractivity contribution in [2.24, 2.45) is 0 Å². The van der Waals surface area contributed by atoms with Gasteiger partial charge in [-0.1, -0.05) is 0 Å². The topological polar surface area (TPSA) is 65.1 Å². The Morgan fingerprint density at radius 1 is 1.30 bits per heavy atom. The summed E-state index contributed by atoms with van der Waals surface area (Å²) in [5.74, 6) is 0. The van der Waals surface area contributed by atoms with Crippen molar-refractivity contribution in [1.82, 2.24) is 18.8 Å². The van der Waals surface area contributed by atoms with E-state index < -0.39 is 10.2 Å². The normalized spacial score (nSPS) is 26.4. The molecule has 7 nitrogen and oxygen atoms in total. The van der Waals surface area contributed by atoms with Crippen LogP contribution in [0.1, 0.15) is 6.42 Å². The summed E-state index contributed by atoms with van der Waals surface area (Å²) in [6.07, 6.45) is 0.928. The molecule has 0 aromatic carbocycles. The molecular weight excluding hydrogens is 280 g/mol. The van der Waals surface area contributed by atoms with E-state index in [0.29, 0.717) is 32.3 Å². The number of nitrogens with one attached hydrogen (secondary N) is 1. The van der Waals surface area contributed by atoms with Crippen molar-refractivity contribution in [3.8, 4) is 0 Å². The highest BCUT2D eigenvalue weighted by Gasteiger charge is 2.36. The number of hydrogen-bond donors (Lipinski definition) is 1. The fourth-order valence-corrected chi connectivity index (χ4v) is 4.19. The van der Waals surface area contributed by atoms with Gasteiger partial charge in [0.25, 0.3) is 10.2 Å². The Morgan fingerprint density at radius 2 is 2.00 bits per heavy atom. The van der Waals surface area contributed by atoms with Crippen molar-refractivity contribution in [3.63, 3.8) is 0 Å². The van der Waals surface area contributed by atoms with Crippen LogP contribution in [-0.4, -0.2) is 94.5 Å². The van der Waals surface area contributed by atoms with Crippen LogP contribution in [0.2, 0.25) is 0 Å². The van der Waals surface area contributed by atoms with Crippen LogP contribution in [0.4, 0.5) is 0 Å². The predicted molar refractivity (Wildman–Crippen MR) is 77.8 cm³/mol. The second-order valence-electron chi connectivity index (χ2n) is 5.41. The number of likely N-dealkylation sites (N-methyl/N-ethyl adjacent to an activating group) is 1. The van der Waals surface area contributed by atoms with Crippen molar-refractivity contribution < 1.29 is 13.2 Å². The van der Waals surface area contributed by atoms with Crippen LogP contribution in [-0.2, 0) is 14.9 Å². The molecule has 0 saturated carbocycles. The average molecular weight is 306 g/mol. The lowest BCUT2D eigenvalue weighted by atomic mass is 10.2. The minimum Gasteiger partial charge on any atom is -0.383 e. The van der Waals surface area contributed by atoms with Gasteiger partial charge in [-0.2, -0.15) is 17.0 Å². The first kappa shape index (κ1) is 16.1. The molecule has 2 fully saturated rings. The first-order valence-electron chi connectivity index (χ1n) is 7.21. The van der Waals surface area contributed by atoms with Crippen LogP contribution in [0.3, 0.4) is 0 Å². The SMILES string of the molecule is COCCN(C)S(=O)(=O)N1CCC(N2CCNCC2)C1. The monoisotopic (exact) mass is 306 g/mol. The molecule has 2 heterocycles. The Morgan fingerprint density at radius 3 is 2.65 bits per heavy atom. The first-order chi connectivity index (χ1) is 9.55. The minimum atomic E-state index is -3.34. The van der Waals surface area contributed by atoms with Gasteiger partial charge in [0.2, 0.25) is 0 Å². The summed E-state index contributed by atoms with van der Waals surface area (Å²) in [4.78, 5) is 2.40. The molecule has 1 N–H and O–H groups in total. The molecule has 2 rings (SSSR count). The molecule has 1 unspecified atom stereocenters. The molecule has 118 valence electrons. The maximum atomic E-state index is 12.4. The Bertz CT molecular complexity index is 398. The lowest BCUT2D eigenvalue weighted by molar-refractivity contribution is 0.175. The van der Waals surface area contributed by atoms with Crippen molar-refractivity contribution in [2.75, 3.05) is 66.6 Å². The molecule has 2 saturated heterocycles. The molecule has 0 aromatic heterocycles. The molecule has 20 heavy (non-hydrogen) atoms. The van der Waals surface area contributed by atoms with E-state index in [2.05, 4.69) is 10.2 Å². The van der Waals surface area contributed by atoms with E-state index in [9.17, 15) is 8.42 Å². The van der Waals surface area contributed by atoms with Gasteiger partial charge in [0.1, 0.15) is 0 Å². The fourth-order valence-electron chi connectivity index (χ4n) is 2.80. The second-order valence-corrected chi connectivity index (χ2v) is 7.44. The van der Waals surface area contributed by atoms with E-state index in [-0.39, 0.29) is 0 Å². The van der Waals surface area contributed by atoms with E-state index in [0.717, 1.165) is 32.6 Å². The molecule has 0 radical (unpaired) electrons. The highest BCUT2D eigenvalue weighted by atomic mass is 32.2. The van der Waals surface area contributed by atoms with E-state index >= 15 is 0 Å². The van der Waals surface area contributed by atoms with Gasteiger partial charge in [-0.05, 0) is 6.42 Å². The van der Waals surface area contributed by atoms with Crippen LogP contribution in [0.15, 0.2) is 0 Å². The lowest BCUT2D eigenvalue weighted by Crippen LogP contribution is -2.50. The summed E-state index contributed by atoms with van der Waals surface area (Å²) < 4.78 is 32.8. The van der Waals surface area contributed by atoms with Gasteiger partial charge in [-0.15, -0.1) is 0 Å². The summed E-state index contributed by atoms with van der Waals surface area (Å²) in [5.41, 5.74) is 0. The van der Waals surface area contributed by atoms with Crippen molar-refractivity contribution in [2.45, 2.75) is 12.5 Å². The van der Waals surface area contributed by atoms with Crippen LogP contribution < -0.4 is 5.32 Å². The van der Waals surface area contributed by atoms with E-state index in [1.54, 1.807) is 18.5 Å². The quantitative estimate of drug-likeness (QED) is 0.667. The van der Waals surface area contributed by atoms with Crippen LogP contribution in [0, 0.1) is 0 Å². The third kappa shape index (κ3) is 3.69. The van der Waals surface area contributed by atoms with Gasteiger partial charge < -0.3 is 10.1 Å². The molecule has 1 atom stereocenters. The Hall–Kier alpha value is -0.250. The Labute approximate surface area is 122 Å². The molecule has 0 aliphatic carbocycles. The molecule has 0 bridgehead atoms. The standard InChI is InChI=1S/C12H26N4O3S/c1-14(9-10-19-2)20(17,18)16-6-3-12(11-16)15-7-4-13-5-8-15/h12-13H,3-11H2,1-2H3. The number of ether oxygens (including phenoxy) is 1. The third-order valence-corrected chi connectivity index (χ3v) is 6.08. The Kier molecular flexibility index (Phi) is 5.76. The maximum absolute atomic E-state index is 12.4. The maximum Gasteiger partial charge on any atom is 0.281 e. The summed E-state index contributed by atoms with van der Waals surface area (Å²) >= 11 is 0. The third-order valence-electron chi connectivity index (χ3n) is 4.12. The molecule has 0 spiro atoms. The minimum absolute atomic E-state index is 0.364. The number of hydrogen-bond acceptors (Lipinski definition) is 5. The lowest BCUT2D eigenvalue weighted by Gasteiger charge is -2.32. The van der Waals surface area contributed by atoms with Gasteiger partial charge in [0.05, 0.1) is 6.61 Å². The largest absolute Gasteiger partial charge is 0.383 e. The number of piperazine rings is 1. The van der Waals surface area contributed by atoms with Gasteiger partial charge in [0, 0.05) is 66.0 Å². The smallest absolute Gasteiger partial charge is 0.281 e. The van der Waals surface area contributed by atoms with E-state index in [4.69, 9.17) is 4.74 Å². The molecule has 2 aliphatic rings. The number of nitrogens with zero attached hydrogens (tertiary/aromatic N) is 3. The van der Waals surface area contributed by atoms with Crippen LogP contribution in [0.25, 0.3) is 0 Å². The number of rotatable bonds is 6. The highest BCUT2D eigenvalue weighted by molar-refractivity contribution is 7.86. The summed E-state index contributed by atoms with van der Waals surface area (Å²) in [6, 6.07) is 0.364. The van der Waals surface area contributed by atoms with Crippen molar-refractivity contribution in [1.29, 1.82) is 0 Å². The van der Waals surface area contributed by atoms with E-state index in [1.165, 1.54) is 4.31 Å². The van der Waals surface area contributed by atoms with Gasteiger partial charge in [-0.3, -0.25) is 4.90 Å². The molecule has 8 heteroatoms. The molecule has 0 aromatic rings. The number of methoxy groups -OCH3 is 1. The fraction of sp³-hybridized carbons (Fsp3) is 1.00. The van der Waals surface area contributed by atoms with Crippen LogP contribution >= 0.6 is 0 Å². The average Bonchev–Trinajstić information content (AvgIpc) is 2.96. The van der Waals surface area contributed by atoms with Gasteiger partial charge in [-0.25, -0.2) is 0 Å². The second kappa shape index (κ2) is 7.15. The Balaban J connectivity index is 1.90. The first-order valence-corrected chi connectivity index (χ1v) is 8.60. The van der Waals surface area contributed by atoms with Gasteiger partial charge in [0.15, 0.2) is 0 Å². The molecule has 0 amide bonds. The van der Waals surface area contributed by atoms with Crippen LogP contribution in [0.5, 0.6) is 0 Å². The van der Waals surface area contributed by atoms with Gasteiger partial charge >= 0.3 is 0 Å². The summed E-state index contributed by atoms with van der Waals surface area (Å²) in [6.45, 7) is 6.07. The summed E-state index contributed by atoms with van der Waals surface area (Å²) in [7, 11) is -0.141. The zero-order chi connectivity index (χ0) is 14.6. The summed E-state index contributed by atoms with van der Waals surface area (Å²) in [5, 5.41) is 3.33. The van der Waals surface area contributed by atoms with E-state index in [1.807, 2.05) is 0 Å². The molecular formula is C12H26N4O3S. The van der Waals surface area contributed by atoms with Crippen molar-refractivity contribution in [3.05, 3.63) is 0 Å². The molecule has 2 aliphatic heterocycles. The zero-order valence-corrected chi connectivity index (χ0v) is 13.2. The highest BCUT2D eigenvalue weighted by Crippen LogP contribution is 2.20. The predicted octanol–water partition coefficient (Wildman–Crippen LogP) is -1.21.